The second kappa shape index (κ2) is 106. The SMILES string of the molecule is [CH2-]Cc1cc(F)ccc1C=CCC.[CH2-]Cc1ccc(F)cc1C=CCC.[CH2-]Cc1ccccc1/C=C\CC.[CH2-]Cc1ccccc1C#CCC.[CH2-]Cc1ccccc1C=CCC.[CH2-]Cc1ccccc1[C@@H]1C[C@@H]1CC.[CH2-]Cc1ccccc1[C@H]1C[C@@H]1CC.[CH3-].[CH3-].[CH3-].[CH3-].[CH3-].[CH3-].[CH3-].[U+2].[U+2].[U+2].[U+2].[U+2].[U+2].[U+2].[U].[U].[U].[U].[U].[U].[U]. The maximum absolute atomic E-state index is 12.9. The summed E-state index contributed by atoms with van der Waals surface area (Å²) in [6.07, 6.45) is 33.0. The van der Waals surface area contributed by atoms with Crippen molar-refractivity contribution in [2.75, 3.05) is 0 Å². The average Bonchev–Trinajstić information content (AvgIpc) is 1.65. The van der Waals surface area contributed by atoms with Crippen LogP contribution in [0, 0.1) is 571 Å². The monoisotopic (exact) mass is 4610 g/mol. The average molecular weight is 4610 g/mol. The first kappa shape index (κ1) is 164. The van der Waals surface area contributed by atoms with Crippen LogP contribution in [0.15, 0.2) is 182 Å². The van der Waals surface area contributed by atoms with Crippen LogP contribution in [-0.2, 0) is 44.9 Å². The maximum Gasteiger partial charge on any atom is 2.00 e. The van der Waals surface area contributed by atoms with Crippen molar-refractivity contribution in [1.82, 2.24) is 0 Å². The molecule has 0 spiro atoms. The number of benzene rings is 7. The third kappa shape index (κ3) is 69.5. The molecule has 0 saturated heterocycles. The molecule has 2 fully saturated rings. The summed E-state index contributed by atoms with van der Waals surface area (Å²) in [5.74, 6) is 9.41. The Labute approximate surface area is 1010 Å². The van der Waals surface area contributed by atoms with Crippen LogP contribution in [0.2, 0.25) is 0 Å². The summed E-state index contributed by atoms with van der Waals surface area (Å²) in [6, 6.07) is 52.1. The number of rotatable bonds is 19. The van der Waals surface area contributed by atoms with Crippen LogP contribution in [0.3, 0.4) is 0 Å². The maximum atomic E-state index is 12.9. The van der Waals surface area contributed by atoms with Gasteiger partial charge in [-0.25, -0.2) is 8.78 Å². The van der Waals surface area contributed by atoms with Gasteiger partial charge in [0.1, 0.15) is 11.6 Å². The molecule has 2 aliphatic rings. The van der Waals surface area contributed by atoms with Crippen molar-refractivity contribution in [3.05, 3.63) is 372 Å². The Morgan fingerprint density at radius 2 is 0.596 bits per heavy atom. The van der Waals surface area contributed by atoms with E-state index in [9.17, 15) is 8.78 Å². The van der Waals surface area contributed by atoms with Gasteiger partial charge in [0.05, 0.1) is 0 Å². The van der Waals surface area contributed by atoms with E-state index in [2.05, 4.69) is 242 Å². The van der Waals surface area contributed by atoms with Gasteiger partial charge in [0, 0.05) is 230 Å². The van der Waals surface area contributed by atoms with Crippen LogP contribution in [0.4, 0.5) is 8.78 Å². The molecule has 0 aliphatic heterocycles. The van der Waals surface area contributed by atoms with E-state index in [4.69, 9.17) is 0 Å². The van der Waals surface area contributed by atoms with Gasteiger partial charge < -0.3 is 100 Å². The Hall–Kier alpha value is 7.65. The molecule has 2 saturated carbocycles. The van der Waals surface area contributed by atoms with Gasteiger partial charge in [-0.05, 0) is 126 Å². The smallest absolute Gasteiger partial charge is 0.358 e. The van der Waals surface area contributed by atoms with Crippen LogP contribution in [0.25, 0.3) is 24.3 Å². The van der Waals surface area contributed by atoms with Crippen molar-refractivity contribution in [1.29, 1.82) is 0 Å². The Balaban J connectivity index is -0.0000000494. The zero-order chi connectivity index (χ0) is 64.3. The van der Waals surface area contributed by atoms with Crippen LogP contribution in [-0.4, -0.2) is 0 Å². The molecule has 7 aromatic rings. The fourth-order valence-corrected chi connectivity index (χ4v) is 10.2. The number of hydrogen-bond acceptors (Lipinski definition) is 0. The van der Waals surface area contributed by atoms with Crippen LogP contribution < -0.4 is 0 Å². The summed E-state index contributed by atoms with van der Waals surface area (Å²) >= 11 is 0. The molecule has 0 unspecified atom stereocenters. The van der Waals surface area contributed by atoms with Crippen molar-refractivity contribution in [2.45, 2.75) is 163 Å². The van der Waals surface area contributed by atoms with Crippen molar-refractivity contribution < 1.29 is 444 Å². The fraction of sp³-hybridized carbons (Fsp3) is 0.290. The van der Waals surface area contributed by atoms with Crippen LogP contribution in [0.1, 0.15) is 196 Å². The molecule has 0 aromatic heterocycles. The molecule has 0 amide bonds. The predicted molar refractivity (Wildman–Crippen MR) is 430 cm³/mol. The minimum atomic E-state index is -0.188. The molecule has 16 heteroatoms. The standard InChI is InChI=1S/2C13H17.2C12H14F.2C12H15.C12H13.7CH3.14U/c2*1-3-10-7-5-6-8-12(10)13-9-11(13)4-2;1-3-5-6-11-7-8-12(13)9-10(11)4-2;1-3-5-6-11-9-12(13)8-7-10(11)4-2;3*1-3-5-8-12-10-7-6-9-11(12)4-2;;;;;;;;;;;;;;;;;;;;;/h2*5-8,11,13H,1,3-4,9H2,2H3;2*5-9H,2-4H2,1H3;2*5-10H,2-4H2,1H3;6-7,9-10H,2-4H2,1H3;7*1H3;;;;;;;;;;;;;;/q14*-1;;;;;;;;7*+2/b;;;;8-5-;;;;;;;;;;;;;;;;;;;;;;;/t11-,13+;11-,13-;;;;;;;;;;;;;;;;;;;;;;;;;;/m00........................../s1. The van der Waals surface area contributed by atoms with E-state index in [-0.39, 0.29) is 499 Å². The first-order valence-electron chi connectivity index (χ1n) is 32.6. The molecule has 2 aliphatic carbocycles. The molecule has 0 N–H and O–H groups in total. The van der Waals surface area contributed by atoms with E-state index in [0.29, 0.717) is 12.8 Å². The van der Waals surface area contributed by atoms with Gasteiger partial charge >= 0.3 is 218 Å². The quantitative estimate of drug-likeness (QED) is 0.0559. The molecule has 4 atom stereocenters. The van der Waals surface area contributed by atoms with E-state index < -0.39 is 0 Å². The topological polar surface area (TPSA) is 0 Å². The fourth-order valence-electron chi connectivity index (χ4n) is 10.2. The van der Waals surface area contributed by atoms with Gasteiger partial charge in [-0.1, -0.05) is 288 Å². The largest absolute Gasteiger partial charge is 2.00 e. The zero-order valence-corrected chi connectivity index (χ0v) is 127. The Morgan fingerprint density at radius 3 is 0.917 bits per heavy atom. The van der Waals surface area contributed by atoms with Crippen molar-refractivity contribution in [3.8, 4) is 11.8 Å². The van der Waals surface area contributed by atoms with Gasteiger partial charge in [0.15, 0.2) is 0 Å². The second-order valence-corrected chi connectivity index (χ2v) is 21.8. The minimum Gasteiger partial charge on any atom is -0.358 e. The zero-order valence-electron chi connectivity index (χ0n) is 69.0. The third-order valence-electron chi connectivity index (χ3n) is 15.6. The van der Waals surface area contributed by atoms with E-state index >= 15 is 0 Å². The molecule has 0 radical (unpaired) electrons. The van der Waals surface area contributed by atoms with E-state index in [1.807, 2.05) is 36.4 Å². The molecular formula is C93H126F2U14. The molecule has 7 aromatic carbocycles. The Bertz CT molecular complexity index is 3140. The first-order valence-corrected chi connectivity index (χ1v) is 32.6. The van der Waals surface area contributed by atoms with Crippen molar-refractivity contribution in [3.63, 3.8) is 0 Å². The summed E-state index contributed by atoms with van der Waals surface area (Å²) < 4.78 is 25.7. The normalized spacial score (nSPS) is 12.2. The molecular weight excluding hydrogens is 4490 g/mol. The third-order valence-corrected chi connectivity index (χ3v) is 15.6. The van der Waals surface area contributed by atoms with E-state index in [1.165, 1.54) is 76.8 Å². The Morgan fingerprint density at radius 1 is 0.321 bits per heavy atom. The van der Waals surface area contributed by atoms with Crippen LogP contribution >= 0.6 is 0 Å². The van der Waals surface area contributed by atoms with Gasteiger partial charge in [0.25, 0.3) is 0 Å². The molecule has 9 rings (SSSR count). The van der Waals surface area contributed by atoms with Crippen LogP contribution in [0.5, 0.6) is 0 Å². The molecule has 568 valence electrons. The van der Waals surface area contributed by atoms with Gasteiger partial charge in [-0.3, -0.25) is 0 Å². The summed E-state index contributed by atoms with van der Waals surface area (Å²) in [5.41, 5.74) is 17.7. The van der Waals surface area contributed by atoms with Crippen molar-refractivity contribution >= 4 is 24.3 Å². The predicted octanol–water partition coefficient (Wildman–Crippen LogP) is 27.4. The molecule has 0 bridgehead atoms. The minimum absolute atomic E-state index is 0. The number of allylic oxidation sites excluding steroid dienone is 4. The number of hydrogen-bond donors (Lipinski definition) is 0. The Kier molecular flexibility index (Phi) is 159. The molecule has 0 nitrogen and oxygen atoms in total. The molecule has 109 heavy (non-hydrogen) atoms. The summed E-state index contributed by atoms with van der Waals surface area (Å²) in [6.45, 7) is 42.2. The summed E-state index contributed by atoms with van der Waals surface area (Å²) in [5, 5.41) is 0. The summed E-state index contributed by atoms with van der Waals surface area (Å²) in [4.78, 5) is 0. The number of halogens is 2. The van der Waals surface area contributed by atoms with E-state index in [1.54, 1.807) is 35.4 Å². The summed E-state index contributed by atoms with van der Waals surface area (Å²) in [7, 11) is 0. The van der Waals surface area contributed by atoms with Gasteiger partial charge in [-0.15, -0.1) is 0 Å². The second-order valence-electron chi connectivity index (χ2n) is 21.8. The molecule has 0 heterocycles. The van der Waals surface area contributed by atoms with Crippen molar-refractivity contribution in [2.24, 2.45) is 11.8 Å². The van der Waals surface area contributed by atoms with Gasteiger partial charge in [-0.2, -0.15) is 44.9 Å². The van der Waals surface area contributed by atoms with Gasteiger partial charge in [0.2, 0.25) is 0 Å². The first-order chi connectivity index (χ1) is 42.9. The van der Waals surface area contributed by atoms with E-state index in [0.717, 1.165) is 116 Å².